The largest absolute Gasteiger partial charge is 1.00 e. The average molecular weight is 247 g/mol. The summed E-state index contributed by atoms with van der Waals surface area (Å²) < 4.78 is 0.624. The van der Waals surface area contributed by atoms with Crippen molar-refractivity contribution in [2.24, 2.45) is 0 Å². The van der Waals surface area contributed by atoms with Crippen LogP contribution in [0.25, 0.3) is 0 Å². The molecule has 0 atom stereocenters. The Hall–Kier alpha value is 0.0700. The van der Waals surface area contributed by atoms with E-state index >= 15 is 0 Å². The molecular weight excluding hydrogens is 235 g/mol. The third kappa shape index (κ3) is 1.98. The van der Waals surface area contributed by atoms with Gasteiger partial charge in [-0.3, -0.25) is 4.74 Å². The van der Waals surface area contributed by atoms with Crippen LogP contribution in [0.1, 0.15) is 27.7 Å². The van der Waals surface area contributed by atoms with Crippen LogP contribution in [-0.2, 0) is 5.21 Å². The quantitative estimate of drug-likeness (QED) is 0.266. The minimum Gasteiger partial charge on any atom is -0.715 e. The first-order valence-electron chi connectivity index (χ1n) is 4.81. The normalized spacial score (nSPS) is 27.5. The van der Waals surface area contributed by atoms with Crippen LogP contribution in [0.5, 0.6) is 0 Å². The predicted octanol–water partition coefficient (Wildman–Crippen LogP) is -4.22. The van der Waals surface area contributed by atoms with Gasteiger partial charge in [-0.15, -0.1) is 0 Å². The smallest absolute Gasteiger partial charge is 0.715 e. The summed E-state index contributed by atoms with van der Waals surface area (Å²) in [4.78, 5) is 0. The Bertz CT molecular complexity index is 339. The number of hydrogen-bond donors (Lipinski definition) is 0. The van der Waals surface area contributed by atoms with Gasteiger partial charge in [0.1, 0.15) is 5.54 Å². The van der Waals surface area contributed by atoms with E-state index in [0.717, 1.165) is 0 Å². The molecule has 0 saturated carbocycles. The number of hydrogen-bond acceptors (Lipinski definition) is 2. The van der Waals surface area contributed by atoms with Crippen LogP contribution in [0.3, 0.4) is 0 Å². The first-order chi connectivity index (χ1) is 7.30. The molecule has 0 aromatic heterocycles. The van der Waals surface area contributed by atoms with Crippen molar-refractivity contribution in [3.8, 4) is 0 Å². The Labute approximate surface area is 122 Å². The monoisotopic (exact) mass is 247 g/mol. The van der Waals surface area contributed by atoms with Gasteiger partial charge in [0.25, 0.3) is 6.17 Å². The average Bonchev–Trinajstić information content (AvgIpc) is 2.73. The molecule has 2 aliphatic rings. The predicted molar refractivity (Wildman–Crippen MR) is 51.1 cm³/mol. The van der Waals surface area contributed by atoms with Crippen molar-refractivity contribution >= 4 is 5.84 Å². The fourth-order valence-electron chi connectivity index (χ4n) is 1.52. The molecule has 2 rings (SSSR count). The van der Waals surface area contributed by atoms with Crippen molar-refractivity contribution in [1.29, 1.82) is 0 Å². The van der Waals surface area contributed by atoms with Gasteiger partial charge in [-0.2, -0.15) is 0 Å². The van der Waals surface area contributed by atoms with Crippen LogP contribution in [0, 0.1) is 11.4 Å². The van der Waals surface area contributed by atoms with Crippen LogP contribution in [0.4, 0.5) is 0 Å². The van der Waals surface area contributed by atoms with Crippen molar-refractivity contribution in [2.75, 3.05) is 0 Å². The third-order valence-electron chi connectivity index (χ3n) is 3.42. The Balaban J connectivity index is 0.00000144. The Morgan fingerprint density at radius 3 is 2.00 bits per heavy atom. The van der Waals surface area contributed by atoms with Crippen molar-refractivity contribution in [2.45, 2.75) is 38.8 Å². The van der Waals surface area contributed by atoms with Gasteiger partial charge in [-0.25, -0.2) is 0 Å². The first kappa shape index (κ1) is 15.1. The maximum atomic E-state index is 12.1. The number of amidine groups is 1. The van der Waals surface area contributed by atoms with Crippen LogP contribution in [0.2, 0.25) is 0 Å². The Morgan fingerprint density at radius 2 is 1.65 bits per heavy atom. The maximum absolute atomic E-state index is 12.1. The minimum atomic E-state index is -0.870. The molecule has 0 aliphatic carbocycles. The van der Waals surface area contributed by atoms with Crippen LogP contribution >= 0.6 is 0 Å². The van der Waals surface area contributed by atoms with E-state index in [4.69, 9.17) is 0 Å². The fraction of sp³-hybridized carbons (Fsp3) is 0.750. The van der Waals surface area contributed by atoms with Gasteiger partial charge >= 0.3 is 35.4 Å². The second kappa shape index (κ2) is 4.63. The molecule has 1 fully saturated rings. The van der Waals surface area contributed by atoms with Gasteiger partial charge in [0.2, 0.25) is 0 Å². The van der Waals surface area contributed by atoms with Crippen molar-refractivity contribution < 1.29 is 39.5 Å². The van der Waals surface area contributed by atoms with Gasteiger partial charge in [-0.1, -0.05) is 15.9 Å². The SMILES string of the molecule is CC1(C)N([O])C([C]2[N][N][N][N]2)=[N+]([O-])C1(C)C.[Na+]. The molecular formula is C8H12N6NaO2+. The number of nitrogens with zero attached hydrogens (tertiary/aromatic N) is 6. The molecule has 17 heavy (non-hydrogen) atoms. The molecule has 0 N–H and O–H groups in total. The molecule has 0 unspecified atom stereocenters. The summed E-state index contributed by atoms with van der Waals surface area (Å²) in [7, 11) is 0. The van der Waals surface area contributed by atoms with Crippen LogP contribution < -0.4 is 51.5 Å². The third-order valence-corrected chi connectivity index (χ3v) is 3.42. The topological polar surface area (TPSA) is 106 Å². The second-order valence-electron chi connectivity index (χ2n) is 4.73. The molecule has 0 aromatic rings. The number of hydroxylamine groups is 3. The van der Waals surface area contributed by atoms with E-state index in [1.165, 1.54) is 0 Å². The van der Waals surface area contributed by atoms with E-state index < -0.39 is 11.1 Å². The summed E-state index contributed by atoms with van der Waals surface area (Å²) >= 11 is 0. The van der Waals surface area contributed by atoms with Gasteiger partial charge in [0.15, 0.2) is 5.54 Å². The molecule has 8 nitrogen and oxygen atoms in total. The zero-order chi connectivity index (χ0) is 12.1. The fourth-order valence-corrected chi connectivity index (χ4v) is 1.52. The summed E-state index contributed by atoms with van der Waals surface area (Å²) in [6, 6.07) is 0. The van der Waals surface area contributed by atoms with E-state index in [1.807, 2.05) is 0 Å². The van der Waals surface area contributed by atoms with Gasteiger partial charge < -0.3 is 5.21 Å². The minimum absolute atomic E-state index is 0. The zero-order valence-electron chi connectivity index (χ0n) is 10.5. The molecule has 6 radical (unpaired) electrons. The van der Waals surface area contributed by atoms with Crippen LogP contribution in [0.15, 0.2) is 0 Å². The van der Waals surface area contributed by atoms with E-state index in [2.05, 4.69) is 21.9 Å². The molecule has 0 bridgehead atoms. The van der Waals surface area contributed by atoms with E-state index in [-0.39, 0.29) is 41.6 Å². The molecule has 0 aromatic carbocycles. The van der Waals surface area contributed by atoms with Gasteiger partial charge in [0.05, 0.1) is 0 Å². The van der Waals surface area contributed by atoms with Gasteiger partial charge in [-0.05, 0) is 38.8 Å². The maximum Gasteiger partial charge on any atom is 1.00 e. The molecule has 0 spiro atoms. The van der Waals surface area contributed by atoms with Crippen molar-refractivity contribution in [1.82, 2.24) is 27.0 Å². The molecule has 9 heteroatoms. The van der Waals surface area contributed by atoms with E-state index in [0.29, 0.717) is 9.80 Å². The van der Waals surface area contributed by atoms with Gasteiger partial charge in [0, 0.05) is 5.21 Å². The standard InChI is InChI=1S/C8H12N6O2.Na/c1-7(2)8(3,4)14(16)6(13(7)15)5-9-11-12-10-5;/h1-4H3;/q;+1. The molecule has 1 saturated heterocycles. The zero-order valence-corrected chi connectivity index (χ0v) is 12.5. The number of rotatable bonds is 1. The summed E-state index contributed by atoms with van der Waals surface area (Å²) in [6.45, 7) is 6.78. The molecule has 0 amide bonds. The summed E-state index contributed by atoms with van der Waals surface area (Å²) in [5, 5.41) is 24.7. The van der Waals surface area contributed by atoms with Crippen molar-refractivity contribution in [3.05, 3.63) is 11.4 Å². The molecule has 2 heterocycles. The first-order valence-corrected chi connectivity index (χ1v) is 4.81. The molecule has 2 aliphatic heterocycles. The Morgan fingerprint density at radius 1 is 1.18 bits per heavy atom. The summed E-state index contributed by atoms with van der Waals surface area (Å²) in [5.74, 6) is -0.139. The van der Waals surface area contributed by atoms with Crippen molar-refractivity contribution in [3.63, 3.8) is 0 Å². The van der Waals surface area contributed by atoms with Crippen LogP contribution in [-0.4, -0.2) is 26.7 Å². The summed E-state index contributed by atoms with van der Waals surface area (Å²) in [5.41, 5.74) is 11.9. The van der Waals surface area contributed by atoms with E-state index in [9.17, 15) is 10.4 Å². The summed E-state index contributed by atoms with van der Waals surface area (Å²) in [6.07, 6.45) is -0.0383. The second-order valence-corrected chi connectivity index (χ2v) is 4.73. The van der Waals surface area contributed by atoms with E-state index in [1.54, 1.807) is 27.7 Å². The molecule has 86 valence electrons. The Kier molecular flexibility index (Phi) is 4.12.